The molecule has 2 saturated heterocycles. The highest BCUT2D eigenvalue weighted by Gasteiger charge is 2.51. The summed E-state index contributed by atoms with van der Waals surface area (Å²) in [4.78, 5) is 15.1. The first kappa shape index (κ1) is 16.6. The lowest BCUT2D eigenvalue weighted by Crippen LogP contribution is -2.42. The molecule has 2 aliphatic carbocycles. The van der Waals surface area contributed by atoms with Gasteiger partial charge in [-0.25, -0.2) is 0 Å². The molecule has 24 heavy (non-hydrogen) atoms. The van der Waals surface area contributed by atoms with Gasteiger partial charge in [-0.2, -0.15) is 0 Å². The molecule has 0 aromatic rings. The van der Waals surface area contributed by atoms with Gasteiger partial charge < -0.3 is 9.64 Å². The van der Waals surface area contributed by atoms with Crippen molar-refractivity contribution < 1.29 is 9.53 Å². The van der Waals surface area contributed by atoms with E-state index >= 15 is 0 Å². The number of rotatable bonds is 2. The van der Waals surface area contributed by atoms with Gasteiger partial charge in [-0.05, 0) is 55.9 Å². The molecule has 0 aromatic heterocycles. The van der Waals surface area contributed by atoms with Crippen LogP contribution in [0.15, 0.2) is 11.6 Å². The van der Waals surface area contributed by atoms with E-state index < -0.39 is 0 Å². The molecular weight excluding hydrogens is 298 g/mol. The average molecular weight is 332 g/mol. The van der Waals surface area contributed by atoms with E-state index in [0.29, 0.717) is 11.8 Å². The minimum Gasteiger partial charge on any atom is -0.461 e. The molecule has 2 aliphatic heterocycles. The normalized spacial score (nSPS) is 46.0. The van der Waals surface area contributed by atoms with Crippen molar-refractivity contribution in [3.05, 3.63) is 11.6 Å². The Kier molecular flexibility index (Phi) is 4.27. The van der Waals surface area contributed by atoms with Gasteiger partial charge in [0.2, 0.25) is 0 Å². The number of fused-ring (bicyclic) bond motifs is 2. The van der Waals surface area contributed by atoms with Crippen LogP contribution in [-0.2, 0) is 9.53 Å². The van der Waals surface area contributed by atoms with E-state index in [1.54, 1.807) is 5.57 Å². The highest BCUT2D eigenvalue weighted by molar-refractivity contribution is 5.76. The number of piperidine rings is 1. The molecule has 3 nitrogen and oxygen atoms in total. The Labute approximate surface area is 146 Å². The van der Waals surface area contributed by atoms with E-state index in [-0.39, 0.29) is 23.4 Å². The van der Waals surface area contributed by atoms with Gasteiger partial charge in [0.25, 0.3) is 0 Å². The fourth-order valence-electron chi connectivity index (χ4n) is 5.99. The number of hydrogen-bond donors (Lipinski definition) is 0. The highest BCUT2D eigenvalue weighted by atomic mass is 16.6. The second kappa shape index (κ2) is 6.16. The molecule has 134 valence electrons. The van der Waals surface area contributed by atoms with Crippen LogP contribution in [0, 0.1) is 29.1 Å². The van der Waals surface area contributed by atoms with Gasteiger partial charge in [-0.3, -0.25) is 4.79 Å². The van der Waals surface area contributed by atoms with Crippen molar-refractivity contribution in [2.45, 2.75) is 65.4 Å². The predicted octanol–water partition coefficient (Wildman–Crippen LogP) is 4.03. The molecule has 3 fully saturated rings. The van der Waals surface area contributed by atoms with Gasteiger partial charge in [0.15, 0.2) is 0 Å². The quantitative estimate of drug-likeness (QED) is 0.565. The Morgan fingerprint density at radius 2 is 2.12 bits per heavy atom. The molecule has 2 heterocycles. The fourth-order valence-corrected chi connectivity index (χ4v) is 5.99. The van der Waals surface area contributed by atoms with Crippen LogP contribution in [0.2, 0.25) is 0 Å². The zero-order valence-electron chi connectivity index (χ0n) is 15.6. The highest BCUT2D eigenvalue weighted by Crippen LogP contribution is 2.54. The minimum absolute atomic E-state index is 0.0616. The minimum atomic E-state index is 0.0616. The number of hydrogen-bond acceptors (Lipinski definition) is 3. The Bertz CT molecular complexity index is 542. The lowest BCUT2D eigenvalue weighted by atomic mass is 9.59. The van der Waals surface area contributed by atoms with E-state index in [1.165, 1.54) is 32.1 Å². The summed E-state index contributed by atoms with van der Waals surface area (Å²) in [6, 6.07) is 0. The van der Waals surface area contributed by atoms with Crippen molar-refractivity contribution in [2.75, 3.05) is 19.6 Å². The number of carbonyl (C=O) groups is 1. The molecule has 1 saturated carbocycles. The van der Waals surface area contributed by atoms with Crippen LogP contribution < -0.4 is 0 Å². The third-order valence-electron chi connectivity index (χ3n) is 7.28. The fraction of sp³-hybridized carbons (Fsp3) is 0.857. The zero-order chi connectivity index (χ0) is 16.9. The lowest BCUT2D eigenvalue weighted by molar-refractivity contribution is -0.145. The van der Waals surface area contributed by atoms with Crippen molar-refractivity contribution in [3.63, 3.8) is 0 Å². The first-order chi connectivity index (χ1) is 11.5. The van der Waals surface area contributed by atoms with E-state index in [0.717, 1.165) is 32.0 Å². The standard InChI is InChI=1S/C21H33NO2/c1-14-6-5-9-22(12-14)13-17-16-10-18-15(2)7-4-8-21(18,3)11-19(16)24-20(17)23/h10,14-17,19H,4-9,11-13H2,1-3H3/t14-,15-,16+,17-,19+,21+/m0/s1. The maximum atomic E-state index is 12.6. The smallest absolute Gasteiger partial charge is 0.311 e. The third-order valence-corrected chi connectivity index (χ3v) is 7.28. The van der Waals surface area contributed by atoms with Gasteiger partial charge in [0, 0.05) is 19.0 Å². The molecule has 0 amide bonds. The molecule has 0 radical (unpaired) electrons. The number of carbonyl (C=O) groups excluding carboxylic acids is 1. The summed E-state index contributed by atoms with van der Waals surface area (Å²) in [6.45, 7) is 10.3. The second-order valence-electron chi connectivity index (χ2n) is 9.35. The maximum Gasteiger partial charge on any atom is 0.311 e. The first-order valence-corrected chi connectivity index (χ1v) is 10.1. The Balaban J connectivity index is 1.55. The largest absolute Gasteiger partial charge is 0.461 e. The summed E-state index contributed by atoms with van der Waals surface area (Å²) in [5.41, 5.74) is 1.90. The summed E-state index contributed by atoms with van der Waals surface area (Å²) in [5, 5.41) is 0. The summed E-state index contributed by atoms with van der Waals surface area (Å²) in [6.07, 6.45) is 10.2. The van der Waals surface area contributed by atoms with E-state index in [4.69, 9.17) is 4.74 Å². The molecule has 6 atom stereocenters. The van der Waals surface area contributed by atoms with Crippen molar-refractivity contribution in [2.24, 2.45) is 29.1 Å². The monoisotopic (exact) mass is 331 g/mol. The van der Waals surface area contributed by atoms with Crippen molar-refractivity contribution in [1.82, 2.24) is 4.90 Å². The van der Waals surface area contributed by atoms with E-state index in [1.807, 2.05) is 0 Å². The molecule has 0 spiro atoms. The van der Waals surface area contributed by atoms with Gasteiger partial charge in [-0.1, -0.05) is 38.8 Å². The second-order valence-corrected chi connectivity index (χ2v) is 9.35. The number of ether oxygens (including phenoxy) is 1. The van der Waals surface area contributed by atoms with Crippen LogP contribution in [0.4, 0.5) is 0 Å². The maximum absolute atomic E-state index is 12.6. The molecule has 4 rings (SSSR count). The predicted molar refractivity (Wildman–Crippen MR) is 95.5 cm³/mol. The summed E-state index contributed by atoms with van der Waals surface area (Å²) in [7, 11) is 0. The van der Waals surface area contributed by atoms with E-state index in [9.17, 15) is 4.79 Å². The third kappa shape index (κ3) is 2.83. The topological polar surface area (TPSA) is 29.5 Å². The van der Waals surface area contributed by atoms with Gasteiger partial charge in [0.05, 0.1) is 5.92 Å². The van der Waals surface area contributed by atoms with Crippen LogP contribution in [0.25, 0.3) is 0 Å². The molecule has 0 unspecified atom stereocenters. The Morgan fingerprint density at radius 1 is 1.29 bits per heavy atom. The first-order valence-electron chi connectivity index (χ1n) is 10.1. The molecule has 0 bridgehead atoms. The molecular formula is C21H33NO2. The Hall–Kier alpha value is -0.830. The SMILES string of the molecule is C[C@H]1CCCN(C[C@@H]2C(=O)O[C@@H]3C[C@@]4(C)CCC[C@H](C)C4=C[C@H]23)C1. The molecule has 4 aliphatic rings. The van der Waals surface area contributed by atoms with Gasteiger partial charge in [0.1, 0.15) is 6.10 Å². The molecule has 0 aromatic carbocycles. The zero-order valence-corrected chi connectivity index (χ0v) is 15.6. The summed E-state index contributed by atoms with van der Waals surface area (Å²) >= 11 is 0. The molecule has 3 heteroatoms. The number of nitrogens with zero attached hydrogens (tertiary/aromatic N) is 1. The molecule has 0 N–H and O–H groups in total. The van der Waals surface area contributed by atoms with Crippen LogP contribution in [-0.4, -0.2) is 36.6 Å². The number of allylic oxidation sites excluding steroid dienone is 1. The number of esters is 1. The van der Waals surface area contributed by atoms with Gasteiger partial charge >= 0.3 is 5.97 Å². The summed E-state index contributed by atoms with van der Waals surface area (Å²) < 4.78 is 5.89. The van der Waals surface area contributed by atoms with Crippen LogP contribution in [0.3, 0.4) is 0 Å². The van der Waals surface area contributed by atoms with Crippen LogP contribution in [0.1, 0.15) is 59.3 Å². The van der Waals surface area contributed by atoms with Crippen LogP contribution >= 0.6 is 0 Å². The van der Waals surface area contributed by atoms with Crippen molar-refractivity contribution in [1.29, 1.82) is 0 Å². The van der Waals surface area contributed by atoms with E-state index in [2.05, 4.69) is 31.7 Å². The number of likely N-dealkylation sites (tertiary alicyclic amines) is 1. The van der Waals surface area contributed by atoms with Gasteiger partial charge in [-0.15, -0.1) is 0 Å². The lowest BCUT2D eigenvalue weighted by Gasteiger charge is -2.46. The Morgan fingerprint density at radius 3 is 2.92 bits per heavy atom. The van der Waals surface area contributed by atoms with Crippen molar-refractivity contribution in [3.8, 4) is 0 Å². The summed E-state index contributed by atoms with van der Waals surface area (Å²) in [5.74, 6) is 1.88. The average Bonchev–Trinajstić information content (AvgIpc) is 2.80. The van der Waals surface area contributed by atoms with Crippen LogP contribution in [0.5, 0.6) is 0 Å². The van der Waals surface area contributed by atoms with Crippen molar-refractivity contribution >= 4 is 5.97 Å².